The van der Waals surface area contributed by atoms with Crippen LogP contribution in [0.4, 0.5) is 0 Å². The number of hydrogen-bond donors (Lipinski definition) is 1. The summed E-state index contributed by atoms with van der Waals surface area (Å²) in [6, 6.07) is 4.32. The van der Waals surface area contributed by atoms with Gasteiger partial charge in [-0.3, -0.25) is 19.7 Å². The van der Waals surface area contributed by atoms with Gasteiger partial charge in [0.05, 0.1) is 20.8 Å². The van der Waals surface area contributed by atoms with E-state index in [2.05, 4.69) is 5.32 Å². The van der Waals surface area contributed by atoms with E-state index in [9.17, 15) is 14.4 Å². The summed E-state index contributed by atoms with van der Waals surface area (Å²) >= 11 is 0. The number of guanidine groups is 1. The first kappa shape index (κ1) is 21.4. The molecule has 2 aliphatic heterocycles. The van der Waals surface area contributed by atoms with Gasteiger partial charge < -0.3 is 24.0 Å². The van der Waals surface area contributed by atoms with Crippen LogP contribution in [0.25, 0.3) is 0 Å². The number of rotatable bonds is 6. The Morgan fingerprint density at radius 3 is 2.57 bits per heavy atom. The first-order valence-electron chi connectivity index (χ1n) is 9.73. The average molecular weight is 418 g/mol. The van der Waals surface area contributed by atoms with E-state index in [1.165, 1.54) is 7.11 Å². The molecule has 0 saturated carbocycles. The van der Waals surface area contributed by atoms with Crippen LogP contribution < -0.4 is 14.8 Å². The molecule has 10 heteroatoms. The summed E-state index contributed by atoms with van der Waals surface area (Å²) in [6.07, 6.45) is 0.806. The van der Waals surface area contributed by atoms with Crippen LogP contribution in [0.1, 0.15) is 18.5 Å². The number of esters is 1. The highest BCUT2D eigenvalue weighted by atomic mass is 16.5. The number of carbonyl (C=O) groups excluding carboxylic acids is 3. The van der Waals surface area contributed by atoms with Crippen LogP contribution in [0.3, 0.4) is 0 Å². The van der Waals surface area contributed by atoms with Gasteiger partial charge in [0.25, 0.3) is 0 Å². The fourth-order valence-corrected chi connectivity index (χ4v) is 3.55. The molecule has 2 atom stereocenters. The van der Waals surface area contributed by atoms with Crippen LogP contribution in [-0.4, -0.2) is 81.1 Å². The molecule has 2 aliphatic rings. The molecule has 3 rings (SSSR count). The monoisotopic (exact) mass is 418 g/mol. The number of carbonyl (C=O) groups is 3. The Balaban J connectivity index is 2.00. The van der Waals surface area contributed by atoms with Crippen LogP contribution in [0.15, 0.2) is 23.2 Å². The maximum Gasteiger partial charge on any atom is 0.321 e. The second-order valence-corrected chi connectivity index (χ2v) is 6.85. The lowest BCUT2D eigenvalue weighted by molar-refractivity contribution is -0.153. The number of aliphatic imine (C=N–C) groups is 1. The average Bonchev–Trinajstić information content (AvgIpc) is 2.78. The zero-order chi connectivity index (χ0) is 21.7. The molecule has 0 spiro atoms. The third kappa shape index (κ3) is 4.32. The van der Waals surface area contributed by atoms with Gasteiger partial charge in [-0.25, -0.2) is 4.99 Å². The van der Waals surface area contributed by atoms with Crippen molar-refractivity contribution in [1.29, 1.82) is 0 Å². The third-order valence-corrected chi connectivity index (χ3v) is 5.16. The largest absolute Gasteiger partial charge is 0.497 e. The number of nitrogens with one attached hydrogen (secondary N) is 1. The van der Waals surface area contributed by atoms with Gasteiger partial charge in [0, 0.05) is 37.8 Å². The standard InChI is InChI=1S/C20H26N4O6/c1-4-30-19(27)16-17(14-6-5-13(28-2)11-15(14)29-3)21-20(22-18(16)26)24-9-7-23(12-25)8-10-24/h5-6,11-12,16-17H,4,7-10H2,1-3H3,(H,21,22,26)/t16-,17+/m0/s1. The highest BCUT2D eigenvalue weighted by molar-refractivity contribution is 6.08. The molecule has 1 aromatic rings. The lowest BCUT2D eigenvalue weighted by atomic mass is 9.90. The number of ether oxygens (including phenoxy) is 3. The van der Waals surface area contributed by atoms with Gasteiger partial charge in [-0.05, 0) is 19.1 Å². The van der Waals surface area contributed by atoms with E-state index in [0.717, 1.165) is 6.41 Å². The molecular formula is C20H26N4O6. The summed E-state index contributed by atoms with van der Waals surface area (Å²) in [5.41, 5.74) is 0.579. The number of methoxy groups -OCH3 is 2. The molecule has 1 saturated heterocycles. The Labute approximate surface area is 174 Å². The summed E-state index contributed by atoms with van der Waals surface area (Å²) in [5.74, 6) is -0.873. The zero-order valence-electron chi connectivity index (χ0n) is 17.3. The lowest BCUT2D eigenvalue weighted by Crippen LogP contribution is -2.57. The zero-order valence-corrected chi connectivity index (χ0v) is 17.3. The van der Waals surface area contributed by atoms with Crippen molar-refractivity contribution in [2.75, 3.05) is 47.0 Å². The SMILES string of the molecule is CCOC(=O)[C@@H]1C(=O)NC(N2CCN(C=O)CC2)=N[C@@H]1c1ccc(OC)cc1OC. The molecule has 0 aromatic heterocycles. The molecule has 0 bridgehead atoms. The molecule has 10 nitrogen and oxygen atoms in total. The third-order valence-electron chi connectivity index (χ3n) is 5.16. The quantitative estimate of drug-likeness (QED) is 0.399. The lowest BCUT2D eigenvalue weighted by Gasteiger charge is -2.37. The van der Waals surface area contributed by atoms with Crippen LogP contribution in [0.2, 0.25) is 0 Å². The Bertz CT molecular complexity index is 835. The number of hydrogen-bond acceptors (Lipinski definition) is 8. The Hall–Kier alpha value is -3.30. The smallest absolute Gasteiger partial charge is 0.321 e. The van der Waals surface area contributed by atoms with Gasteiger partial charge in [0.15, 0.2) is 5.92 Å². The molecule has 2 heterocycles. The first-order chi connectivity index (χ1) is 14.5. The summed E-state index contributed by atoms with van der Waals surface area (Å²) in [7, 11) is 3.04. The van der Waals surface area contributed by atoms with Crippen molar-refractivity contribution in [2.24, 2.45) is 10.9 Å². The Morgan fingerprint density at radius 2 is 1.97 bits per heavy atom. The summed E-state index contributed by atoms with van der Waals surface area (Å²) in [5, 5.41) is 2.73. The highest BCUT2D eigenvalue weighted by Crippen LogP contribution is 2.38. The predicted octanol–water partition coefficient (Wildman–Crippen LogP) is 0.184. The second-order valence-electron chi connectivity index (χ2n) is 6.85. The van der Waals surface area contributed by atoms with Crippen molar-refractivity contribution >= 4 is 24.2 Å². The van der Waals surface area contributed by atoms with Gasteiger partial charge in [-0.1, -0.05) is 0 Å². The van der Waals surface area contributed by atoms with Crippen molar-refractivity contribution in [2.45, 2.75) is 13.0 Å². The molecule has 0 radical (unpaired) electrons. The molecule has 1 aromatic carbocycles. The molecular weight excluding hydrogens is 392 g/mol. The fourth-order valence-electron chi connectivity index (χ4n) is 3.55. The maximum absolute atomic E-state index is 12.9. The van der Waals surface area contributed by atoms with Crippen LogP contribution in [0, 0.1) is 5.92 Å². The summed E-state index contributed by atoms with van der Waals surface area (Å²) in [6.45, 7) is 3.93. The number of nitrogens with zero attached hydrogens (tertiary/aromatic N) is 3. The predicted molar refractivity (Wildman–Crippen MR) is 107 cm³/mol. The molecule has 30 heavy (non-hydrogen) atoms. The first-order valence-corrected chi connectivity index (χ1v) is 9.73. The minimum absolute atomic E-state index is 0.152. The van der Waals surface area contributed by atoms with Crippen LogP contribution in [0.5, 0.6) is 11.5 Å². The van der Waals surface area contributed by atoms with Gasteiger partial charge in [0.2, 0.25) is 18.3 Å². The van der Waals surface area contributed by atoms with Gasteiger partial charge in [-0.15, -0.1) is 0 Å². The van der Waals surface area contributed by atoms with E-state index in [1.807, 2.05) is 4.90 Å². The number of amides is 2. The Kier molecular flexibility index (Phi) is 6.76. The van der Waals surface area contributed by atoms with Crippen molar-refractivity contribution in [3.8, 4) is 11.5 Å². The minimum atomic E-state index is -1.15. The van der Waals surface area contributed by atoms with Gasteiger partial charge in [0.1, 0.15) is 17.5 Å². The van der Waals surface area contributed by atoms with E-state index in [0.29, 0.717) is 49.2 Å². The fraction of sp³-hybridized carbons (Fsp3) is 0.500. The van der Waals surface area contributed by atoms with E-state index in [-0.39, 0.29) is 6.61 Å². The molecule has 2 amide bonds. The van der Waals surface area contributed by atoms with E-state index >= 15 is 0 Å². The second kappa shape index (κ2) is 9.47. The maximum atomic E-state index is 12.9. The molecule has 162 valence electrons. The highest BCUT2D eigenvalue weighted by Gasteiger charge is 2.43. The van der Waals surface area contributed by atoms with E-state index < -0.39 is 23.8 Å². The Morgan fingerprint density at radius 1 is 1.23 bits per heavy atom. The van der Waals surface area contributed by atoms with Crippen LogP contribution >= 0.6 is 0 Å². The number of piperazine rings is 1. The molecule has 0 aliphatic carbocycles. The van der Waals surface area contributed by atoms with E-state index in [4.69, 9.17) is 19.2 Å². The van der Waals surface area contributed by atoms with Crippen molar-refractivity contribution in [3.05, 3.63) is 23.8 Å². The normalized spacial score (nSPS) is 21.4. The van der Waals surface area contributed by atoms with Crippen molar-refractivity contribution < 1.29 is 28.6 Å². The molecule has 0 unspecified atom stereocenters. The molecule has 1 N–H and O–H groups in total. The van der Waals surface area contributed by atoms with E-state index in [1.54, 1.807) is 37.1 Å². The summed E-state index contributed by atoms with van der Waals surface area (Å²) in [4.78, 5) is 44.8. The van der Waals surface area contributed by atoms with Gasteiger partial charge >= 0.3 is 5.97 Å². The minimum Gasteiger partial charge on any atom is -0.497 e. The van der Waals surface area contributed by atoms with Crippen LogP contribution in [-0.2, 0) is 19.1 Å². The summed E-state index contributed by atoms with van der Waals surface area (Å²) < 4.78 is 15.9. The topological polar surface area (TPSA) is 110 Å². The molecule has 1 fully saturated rings. The van der Waals surface area contributed by atoms with Crippen molar-refractivity contribution in [3.63, 3.8) is 0 Å². The number of benzene rings is 1. The van der Waals surface area contributed by atoms with Crippen molar-refractivity contribution in [1.82, 2.24) is 15.1 Å². The van der Waals surface area contributed by atoms with Gasteiger partial charge in [-0.2, -0.15) is 0 Å².